The largest absolute Gasteiger partial charge is 0.471 e. The van der Waals surface area contributed by atoms with E-state index in [4.69, 9.17) is 5.26 Å². The van der Waals surface area contributed by atoms with Crippen LogP contribution in [-0.4, -0.2) is 54.1 Å². The number of carbonyl (C=O) groups excluding carboxylic acids is 1. The second-order valence-corrected chi connectivity index (χ2v) is 4.26. The zero-order valence-electron chi connectivity index (χ0n) is 10.2. The molecular formula is C11H16F3N3O. The maximum absolute atomic E-state index is 12.2. The van der Waals surface area contributed by atoms with Crippen LogP contribution in [0.1, 0.15) is 19.8 Å². The number of nitrogens with zero attached hydrogens (tertiary/aromatic N) is 3. The Morgan fingerprint density at radius 3 is 2.28 bits per heavy atom. The fourth-order valence-corrected chi connectivity index (χ4v) is 2.02. The van der Waals surface area contributed by atoms with Crippen LogP contribution < -0.4 is 0 Å². The molecule has 0 aromatic carbocycles. The van der Waals surface area contributed by atoms with Crippen molar-refractivity contribution in [3.05, 3.63) is 0 Å². The Labute approximate surface area is 104 Å². The minimum Gasteiger partial charge on any atom is -0.332 e. The molecule has 18 heavy (non-hydrogen) atoms. The standard InChI is InChI=1S/C11H16F3N3O/c1-2-3-9(8-15)16-4-6-17(7-5-16)10(18)11(12,13)14/h9H,2-7H2,1H3. The van der Waals surface area contributed by atoms with Crippen LogP contribution in [0.3, 0.4) is 0 Å². The van der Waals surface area contributed by atoms with E-state index in [2.05, 4.69) is 6.07 Å². The summed E-state index contributed by atoms with van der Waals surface area (Å²) in [5, 5.41) is 8.96. The first-order valence-corrected chi connectivity index (χ1v) is 5.90. The summed E-state index contributed by atoms with van der Waals surface area (Å²) >= 11 is 0. The predicted octanol–water partition coefficient (Wildman–Crippen LogP) is 1.39. The van der Waals surface area contributed by atoms with Crippen LogP contribution >= 0.6 is 0 Å². The summed E-state index contributed by atoms with van der Waals surface area (Å²) in [5.74, 6) is -1.79. The topological polar surface area (TPSA) is 47.3 Å². The van der Waals surface area contributed by atoms with Crippen LogP contribution in [0.25, 0.3) is 0 Å². The van der Waals surface area contributed by atoms with Crippen LogP contribution in [0, 0.1) is 11.3 Å². The van der Waals surface area contributed by atoms with Gasteiger partial charge in [0, 0.05) is 26.2 Å². The van der Waals surface area contributed by atoms with Gasteiger partial charge in [0.15, 0.2) is 0 Å². The minimum absolute atomic E-state index is 0.0280. The number of piperazine rings is 1. The molecule has 1 aliphatic heterocycles. The molecule has 0 radical (unpaired) electrons. The molecule has 1 rings (SSSR count). The highest BCUT2D eigenvalue weighted by atomic mass is 19.4. The molecule has 102 valence electrons. The molecule has 1 saturated heterocycles. The highest BCUT2D eigenvalue weighted by Gasteiger charge is 2.43. The van der Waals surface area contributed by atoms with E-state index in [1.807, 2.05) is 11.8 Å². The number of hydrogen-bond donors (Lipinski definition) is 0. The first-order chi connectivity index (χ1) is 8.40. The Balaban J connectivity index is 2.51. The molecule has 1 heterocycles. The van der Waals surface area contributed by atoms with Gasteiger partial charge < -0.3 is 4.90 Å². The first kappa shape index (κ1) is 14.8. The van der Waals surface area contributed by atoms with E-state index in [-0.39, 0.29) is 19.1 Å². The van der Waals surface area contributed by atoms with Gasteiger partial charge in [0.2, 0.25) is 0 Å². The monoisotopic (exact) mass is 263 g/mol. The van der Waals surface area contributed by atoms with Crippen molar-refractivity contribution in [2.45, 2.75) is 32.0 Å². The quantitative estimate of drug-likeness (QED) is 0.773. The molecule has 1 fully saturated rings. The molecule has 1 atom stereocenters. The van der Waals surface area contributed by atoms with Crippen molar-refractivity contribution in [3.63, 3.8) is 0 Å². The molecule has 0 spiro atoms. The number of hydrogen-bond acceptors (Lipinski definition) is 3. The number of amides is 1. The van der Waals surface area contributed by atoms with Gasteiger partial charge in [0.1, 0.15) is 0 Å². The second kappa shape index (κ2) is 6.05. The number of carbonyl (C=O) groups is 1. The third kappa shape index (κ3) is 3.60. The smallest absolute Gasteiger partial charge is 0.332 e. The Morgan fingerprint density at radius 2 is 1.89 bits per heavy atom. The maximum Gasteiger partial charge on any atom is 0.471 e. The highest BCUT2D eigenvalue weighted by Crippen LogP contribution is 2.20. The van der Waals surface area contributed by atoms with E-state index in [0.29, 0.717) is 19.5 Å². The summed E-state index contributed by atoms with van der Waals surface area (Å²) < 4.78 is 36.7. The normalized spacial score (nSPS) is 19.4. The summed E-state index contributed by atoms with van der Waals surface area (Å²) in [7, 11) is 0. The molecular weight excluding hydrogens is 247 g/mol. The summed E-state index contributed by atoms with van der Waals surface area (Å²) in [6, 6.07) is 1.88. The van der Waals surface area contributed by atoms with E-state index in [1.165, 1.54) is 0 Å². The van der Waals surface area contributed by atoms with E-state index >= 15 is 0 Å². The number of nitriles is 1. The molecule has 0 saturated carbocycles. The highest BCUT2D eigenvalue weighted by molar-refractivity contribution is 5.81. The van der Waals surface area contributed by atoms with Crippen molar-refractivity contribution >= 4 is 5.91 Å². The lowest BCUT2D eigenvalue weighted by Crippen LogP contribution is -2.54. The van der Waals surface area contributed by atoms with Crippen LogP contribution in [0.15, 0.2) is 0 Å². The van der Waals surface area contributed by atoms with Crippen molar-refractivity contribution in [2.75, 3.05) is 26.2 Å². The number of rotatable bonds is 3. The van der Waals surface area contributed by atoms with Gasteiger partial charge in [-0.3, -0.25) is 9.69 Å². The molecule has 4 nitrogen and oxygen atoms in total. The van der Waals surface area contributed by atoms with Gasteiger partial charge in [0.05, 0.1) is 12.1 Å². The molecule has 1 amide bonds. The Kier molecular flexibility index (Phi) is 4.96. The van der Waals surface area contributed by atoms with Crippen LogP contribution in [-0.2, 0) is 4.79 Å². The molecule has 1 aliphatic rings. The SMILES string of the molecule is CCCC(C#N)N1CCN(C(=O)C(F)(F)F)CC1. The fourth-order valence-electron chi connectivity index (χ4n) is 2.02. The van der Waals surface area contributed by atoms with Gasteiger partial charge in [-0.15, -0.1) is 0 Å². The Morgan fingerprint density at radius 1 is 1.33 bits per heavy atom. The van der Waals surface area contributed by atoms with Crippen molar-refractivity contribution in [3.8, 4) is 6.07 Å². The summed E-state index contributed by atoms with van der Waals surface area (Å²) in [6.07, 6.45) is -3.26. The van der Waals surface area contributed by atoms with E-state index in [1.54, 1.807) is 0 Å². The number of halogens is 3. The number of alkyl halides is 3. The molecule has 0 aromatic heterocycles. The zero-order valence-corrected chi connectivity index (χ0v) is 10.2. The van der Waals surface area contributed by atoms with Crippen molar-refractivity contribution in [1.82, 2.24) is 9.80 Å². The van der Waals surface area contributed by atoms with Crippen LogP contribution in [0.4, 0.5) is 13.2 Å². The molecule has 1 unspecified atom stereocenters. The zero-order chi connectivity index (χ0) is 13.8. The van der Waals surface area contributed by atoms with E-state index in [9.17, 15) is 18.0 Å². The van der Waals surface area contributed by atoms with Gasteiger partial charge in [-0.2, -0.15) is 18.4 Å². The van der Waals surface area contributed by atoms with Crippen LogP contribution in [0.2, 0.25) is 0 Å². The lowest BCUT2D eigenvalue weighted by atomic mass is 10.1. The molecule has 0 aromatic rings. The van der Waals surface area contributed by atoms with Crippen LogP contribution in [0.5, 0.6) is 0 Å². The van der Waals surface area contributed by atoms with E-state index in [0.717, 1.165) is 11.3 Å². The van der Waals surface area contributed by atoms with Gasteiger partial charge in [-0.05, 0) is 6.42 Å². The molecule has 0 N–H and O–H groups in total. The van der Waals surface area contributed by atoms with Crippen molar-refractivity contribution in [2.24, 2.45) is 0 Å². The average Bonchev–Trinajstić information content (AvgIpc) is 2.34. The third-order valence-corrected chi connectivity index (χ3v) is 3.00. The Bertz CT molecular complexity index is 329. The lowest BCUT2D eigenvalue weighted by molar-refractivity contribution is -0.187. The average molecular weight is 263 g/mol. The van der Waals surface area contributed by atoms with E-state index < -0.39 is 12.1 Å². The predicted molar refractivity (Wildman–Crippen MR) is 58.5 cm³/mol. The van der Waals surface area contributed by atoms with Gasteiger partial charge >= 0.3 is 12.1 Å². The van der Waals surface area contributed by atoms with Crippen molar-refractivity contribution in [1.29, 1.82) is 5.26 Å². The first-order valence-electron chi connectivity index (χ1n) is 5.90. The summed E-state index contributed by atoms with van der Waals surface area (Å²) in [6.45, 7) is 2.65. The maximum atomic E-state index is 12.2. The Hall–Kier alpha value is -1.29. The third-order valence-electron chi connectivity index (χ3n) is 3.00. The molecule has 0 aliphatic carbocycles. The molecule has 7 heteroatoms. The lowest BCUT2D eigenvalue weighted by Gasteiger charge is -2.37. The fraction of sp³-hybridized carbons (Fsp3) is 0.818. The van der Waals surface area contributed by atoms with Gasteiger partial charge in [0.25, 0.3) is 0 Å². The second-order valence-electron chi connectivity index (χ2n) is 4.26. The van der Waals surface area contributed by atoms with Gasteiger partial charge in [-0.1, -0.05) is 13.3 Å². The summed E-state index contributed by atoms with van der Waals surface area (Å²) in [4.78, 5) is 13.6. The molecule has 0 bridgehead atoms. The van der Waals surface area contributed by atoms with Gasteiger partial charge in [-0.25, -0.2) is 0 Å². The van der Waals surface area contributed by atoms with Crippen molar-refractivity contribution < 1.29 is 18.0 Å². The summed E-state index contributed by atoms with van der Waals surface area (Å²) in [5.41, 5.74) is 0. The minimum atomic E-state index is -4.81.